The van der Waals surface area contributed by atoms with Gasteiger partial charge in [0.15, 0.2) is 0 Å². The van der Waals surface area contributed by atoms with Crippen LogP contribution in [0.5, 0.6) is 0 Å². The number of amides is 2. The Morgan fingerprint density at radius 2 is 1.68 bits per heavy atom. The summed E-state index contributed by atoms with van der Waals surface area (Å²) in [6, 6.07) is 23.9. The van der Waals surface area contributed by atoms with E-state index in [9.17, 15) is 9.59 Å². The van der Waals surface area contributed by atoms with Gasteiger partial charge in [0.1, 0.15) is 0 Å². The number of anilines is 2. The summed E-state index contributed by atoms with van der Waals surface area (Å²) >= 11 is 0. The molecule has 2 amide bonds. The first-order valence-corrected chi connectivity index (χ1v) is 10.7. The van der Waals surface area contributed by atoms with Crippen LogP contribution in [0.1, 0.15) is 29.3 Å². The maximum atomic E-state index is 12.8. The van der Waals surface area contributed by atoms with Crippen molar-refractivity contribution in [2.45, 2.75) is 19.8 Å². The van der Waals surface area contributed by atoms with E-state index in [0.717, 1.165) is 48.4 Å². The first-order valence-electron chi connectivity index (χ1n) is 10.7. The van der Waals surface area contributed by atoms with E-state index in [1.165, 1.54) is 12.5 Å². The highest BCUT2D eigenvalue weighted by molar-refractivity contribution is 6.04. The number of nitrogens with zero attached hydrogens (tertiary/aromatic N) is 1. The molecule has 0 aliphatic carbocycles. The first kappa shape index (κ1) is 20.7. The maximum absolute atomic E-state index is 12.8. The molecule has 1 heterocycles. The summed E-state index contributed by atoms with van der Waals surface area (Å²) in [4.78, 5) is 26.2. The Morgan fingerprint density at radius 1 is 0.935 bits per heavy atom. The molecule has 0 bridgehead atoms. The molecule has 3 aromatic rings. The standard InChI is InChI=1S/C26H27N3O2/c1-19(30)27-15-17-29-16-5-8-22-13-14-24(18-25(22)29)28-26(31)23-11-9-21(10-12-23)20-6-3-2-4-7-20/h2-4,6-7,9-14,18H,5,8,15-17H2,1H3,(H,27,30)(H,28,31). The highest BCUT2D eigenvalue weighted by atomic mass is 16.2. The van der Waals surface area contributed by atoms with Crippen molar-refractivity contribution in [2.75, 3.05) is 29.9 Å². The second-order valence-corrected chi connectivity index (χ2v) is 7.81. The van der Waals surface area contributed by atoms with Gasteiger partial charge in [0.05, 0.1) is 0 Å². The molecule has 0 unspecified atom stereocenters. The molecule has 0 fully saturated rings. The maximum Gasteiger partial charge on any atom is 0.255 e. The molecule has 0 spiro atoms. The minimum absolute atomic E-state index is 0.0171. The second kappa shape index (κ2) is 9.47. The van der Waals surface area contributed by atoms with Gasteiger partial charge in [-0.25, -0.2) is 0 Å². The number of fused-ring (bicyclic) bond motifs is 1. The quantitative estimate of drug-likeness (QED) is 0.626. The van der Waals surface area contributed by atoms with Crippen molar-refractivity contribution in [1.29, 1.82) is 0 Å². The summed E-state index contributed by atoms with van der Waals surface area (Å²) in [6.07, 6.45) is 2.12. The predicted molar refractivity (Wildman–Crippen MR) is 125 cm³/mol. The van der Waals surface area contributed by atoms with E-state index >= 15 is 0 Å². The van der Waals surface area contributed by atoms with Crippen molar-refractivity contribution in [1.82, 2.24) is 5.32 Å². The van der Waals surface area contributed by atoms with Crippen LogP contribution in [0, 0.1) is 0 Å². The number of carbonyl (C=O) groups excluding carboxylic acids is 2. The molecule has 1 aliphatic rings. The Labute approximate surface area is 183 Å². The van der Waals surface area contributed by atoms with Gasteiger partial charge in [-0.1, -0.05) is 48.5 Å². The Hall–Kier alpha value is -3.60. The lowest BCUT2D eigenvalue weighted by molar-refractivity contribution is -0.118. The molecular formula is C26H27N3O2. The number of benzene rings is 3. The van der Waals surface area contributed by atoms with E-state index < -0.39 is 0 Å². The van der Waals surface area contributed by atoms with Crippen LogP contribution in [0.25, 0.3) is 11.1 Å². The van der Waals surface area contributed by atoms with Gasteiger partial charge >= 0.3 is 0 Å². The van der Waals surface area contributed by atoms with Gasteiger partial charge in [-0.2, -0.15) is 0 Å². The fourth-order valence-electron chi connectivity index (χ4n) is 3.98. The summed E-state index contributed by atoms with van der Waals surface area (Å²) in [5, 5.41) is 5.89. The molecule has 31 heavy (non-hydrogen) atoms. The van der Waals surface area contributed by atoms with Crippen LogP contribution in [0.2, 0.25) is 0 Å². The minimum atomic E-state index is -0.125. The number of hydrogen-bond donors (Lipinski definition) is 2. The van der Waals surface area contributed by atoms with Crippen LogP contribution in [0.15, 0.2) is 72.8 Å². The largest absolute Gasteiger partial charge is 0.369 e. The molecular weight excluding hydrogens is 386 g/mol. The third kappa shape index (κ3) is 5.12. The van der Waals surface area contributed by atoms with Crippen LogP contribution in [-0.2, 0) is 11.2 Å². The van der Waals surface area contributed by atoms with Crippen LogP contribution in [-0.4, -0.2) is 31.4 Å². The number of hydrogen-bond acceptors (Lipinski definition) is 3. The Morgan fingerprint density at radius 3 is 2.42 bits per heavy atom. The molecule has 0 aromatic heterocycles. The van der Waals surface area contributed by atoms with E-state index in [1.807, 2.05) is 54.6 Å². The highest BCUT2D eigenvalue weighted by Crippen LogP contribution is 2.30. The predicted octanol–water partition coefficient (Wildman–Crippen LogP) is 4.49. The van der Waals surface area contributed by atoms with Gasteiger partial charge in [0.25, 0.3) is 5.91 Å². The molecule has 0 atom stereocenters. The van der Waals surface area contributed by atoms with Crippen molar-refractivity contribution >= 4 is 23.2 Å². The molecule has 1 aliphatic heterocycles. The van der Waals surface area contributed by atoms with Gasteiger partial charge in [0.2, 0.25) is 5.91 Å². The Bertz CT molecular complexity index is 1060. The topological polar surface area (TPSA) is 61.4 Å². The Kier molecular flexibility index (Phi) is 6.32. The van der Waals surface area contributed by atoms with E-state index in [1.54, 1.807) is 0 Å². The minimum Gasteiger partial charge on any atom is -0.369 e. The molecule has 158 valence electrons. The lowest BCUT2D eigenvalue weighted by atomic mass is 10.0. The van der Waals surface area contributed by atoms with E-state index in [4.69, 9.17) is 0 Å². The average molecular weight is 414 g/mol. The average Bonchev–Trinajstić information content (AvgIpc) is 2.80. The van der Waals surface area contributed by atoms with Gasteiger partial charge < -0.3 is 15.5 Å². The molecule has 5 nitrogen and oxygen atoms in total. The zero-order valence-electron chi connectivity index (χ0n) is 17.7. The van der Waals surface area contributed by atoms with Crippen LogP contribution in [0.4, 0.5) is 11.4 Å². The van der Waals surface area contributed by atoms with Crippen molar-refractivity contribution in [3.8, 4) is 11.1 Å². The van der Waals surface area contributed by atoms with Crippen LogP contribution >= 0.6 is 0 Å². The number of rotatable bonds is 6. The van der Waals surface area contributed by atoms with Crippen molar-refractivity contribution in [3.05, 3.63) is 83.9 Å². The monoisotopic (exact) mass is 413 g/mol. The molecule has 4 rings (SSSR count). The summed E-state index contributed by atoms with van der Waals surface area (Å²) in [5.41, 5.74) is 6.03. The summed E-state index contributed by atoms with van der Waals surface area (Å²) in [6.45, 7) is 3.85. The van der Waals surface area contributed by atoms with E-state index in [2.05, 4.69) is 33.7 Å². The fourth-order valence-corrected chi connectivity index (χ4v) is 3.98. The van der Waals surface area contributed by atoms with Gasteiger partial charge in [-0.15, -0.1) is 0 Å². The van der Waals surface area contributed by atoms with Gasteiger partial charge in [-0.05, 0) is 53.8 Å². The normalized spacial score (nSPS) is 12.7. The third-order valence-corrected chi connectivity index (χ3v) is 5.57. The molecule has 3 aromatic carbocycles. The van der Waals surface area contributed by atoms with Crippen molar-refractivity contribution in [3.63, 3.8) is 0 Å². The SMILES string of the molecule is CC(=O)NCCN1CCCc2ccc(NC(=O)c3ccc(-c4ccccc4)cc3)cc21. The van der Waals surface area contributed by atoms with Gasteiger partial charge in [-0.3, -0.25) is 9.59 Å². The zero-order chi connectivity index (χ0) is 21.6. The Balaban J connectivity index is 1.45. The smallest absolute Gasteiger partial charge is 0.255 e. The molecule has 2 N–H and O–H groups in total. The molecule has 5 heteroatoms. The fraction of sp³-hybridized carbons (Fsp3) is 0.231. The van der Waals surface area contributed by atoms with E-state index in [0.29, 0.717) is 12.1 Å². The number of aryl methyl sites for hydroxylation is 1. The van der Waals surface area contributed by atoms with Crippen molar-refractivity contribution in [2.24, 2.45) is 0 Å². The summed E-state index contributed by atoms with van der Waals surface area (Å²) in [7, 11) is 0. The second-order valence-electron chi connectivity index (χ2n) is 7.81. The number of nitrogens with one attached hydrogen (secondary N) is 2. The molecule has 0 saturated carbocycles. The summed E-state index contributed by atoms with van der Waals surface area (Å²) < 4.78 is 0. The van der Waals surface area contributed by atoms with Crippen LogP contribution in [0.3, 0.4) is 0 Å². The molecule has 0 saturated heterocycles. The highest BCUT2D eigenvalue weighted by Gasteiger charge is 2.18. The zero-order valence-corrected chi connectivity index (χ0v) is 17.7. The lowest BCUT2D eigenvalue weighted by Gasteiger charge is -2.31. The van der Waals surface area contributed by atoms with Crippen LogP contribution < -0.4 is 15.5 Å². The lowest BCUT2D eigenvalue weighted by Crippen LogP contribution is -2.37. The van der Waals surface area contributed by atoms with Crippen molar-refractivity contribution < 1.29 is 9.59 Å². The summed E-state index contributed by atoms with van der Waals surface area (Å²) in [5.74, 6) is -0.142. The van der Waals surface area contributed by atoms with Gasteiger partial charge in [0, 0.05) is 43.5 Å². The molecule has 0 radical (unpaired) electrons. The number of carbonyl (C=O) groups is 2. The third-order valence-electron chi connectivity index (χ3n) is 5.57. The van der Waals surface area contributed by atoms with E-state index in [-0.39, 0.29) is 11.8 Å². The first-order chi connectivity index (χ1) is 15.1.